The third kappa shape index (κ3) is 3.09. The molecular weight excluding hydrogens is 380 g/mol. The summed E-state index contributed by atoms with van der Waals surface area (Å²) in [7, 11) is -3.96. The van der Waals surface area contributed by atoms with Crippen LogP contribution in [0.1, 0.15) is 17.2 Å². The predicted octanol–water partition coefficient (Wildman–Crippen LogP) is 1.67. The van der Waals surface area contributed by atoms with Gasteiger partial charge >= 0.3 is 0 Å². The van der Waals surface area contributed by atoms with Gasteiger partial charge in [0.05, 0.1) is 10.6 Å². The van der Waals surface area contributed by atoms with E-state index in [1.807, 2.05) is 12.1 Å². The van der Waals surface area contributed by atoms with Crippen molar-refractivity contribution in [1.82, 2.24) is 19.6 Å². The molecule has 1 aromatic heterocycles. The molecule has 0 saturated heterocycles. The van der Waals surface area contributed by atoms with Crippen LogP contribution in [0.15, 0.2) is 71.9 Å². The SMILES string of the molecule is O=C(NO)[C@H]1c2ccccc2CCN1S(=O)(=O)c1ccc(-n2cccn2)cc1. The van der Waals surface area contributed by atoms with Gasteiger partial charge in [0, 0.05) is 18.9 Å². The average Bonchev–Trinajstić information content (AvgIpc) is 3.27. The fourth-order valence-corrected chi connectivity index (χ4v) is 5.03. The van der Waals surface area contributed by atoms with Crippen molar-refractivity contribution in [2.45, 2.75) is 17.4 Å². The molecule has 0 unspecified atom stereocenters. The highest BCUT2D eigenvalue weighted by atomic mass is 32.2. The molecule has 2 aromatic carbocycles. The van der Waals surface area contributed by atoms with Crippen molar-refractivity contribution in [1.29, 1.82) is 0 Å². The summed E-state index contributed by atoms with van der Waals surface area (Å²) in [5.41, 5.74) is 3.77. The fraction of sp³-hybridized carbons (Fsp3) is 0.158. The minimum atomic E-state index is -3.96. The molecule has 2 N–H and O–H groups in total. The first-order valence-corrected chi connectivity index (χ1v) is 10.1. The van der Waals surface area contributed by atoms with Gasteiger partial charge in [-0.05, 0) is 47.9 Å². The number of carbonyl (C=O) groups excluding carboxylic acids is 1. The molecule has 9 heteroatoms. The maximum atomic E-state index is 13.3. The van der Waals surface area contributed by atoms with Crippen LogP contribution in [-0.4, -0.2) is 40.2 Å². The number of carbonyl (C=O) groups is 1. The summed E-state index contributed by atoms with van der Waals surface area (Å²) in [5.74, 6) is -0.788. The van der Waals surface area contributed by atoms with Crippen molar-refractivity contribution < 1.29 is 18.4 Å². The van der Waals surface area contributed by atoms with Crippen LogP contribution in [-0.2, 0) is 21.2 Å². The van der Waals surface area contributed by atoms with Gasteiger partial charge in [0.15, 0.2) is 0 Å². The van der Waals surface area contributed by atoms with Gasteiger partial charge in [-0.2, -0.15) is 9.40 Å². The summed E-state index contributed by atoms with van der Waals surface area (Å²) in [5, 5.41) is 13.3. The Morgan fingerprint density at radius 1 is 1.11 bits per heavy atom. The van der Waals surface area contributed by atoms with E-state index in [1.54, 1.807) is 52.9 Å². The quantitative estimate of drug-likeness (QED) is 0.514. The number of sulfonamides is 1. The molecule has 3 aromatic rings. The summed E-state index contributed by atoms with van der Waals surface area (Å²) in [6.45, 7) is 0.137. The lowest BCUT2D eigenvalue weighted by Gasteiger charge is -2.34. The highest BCUT2D eigenvalue weighted by Gasteiger charge is 2.40. The molecule has 0 aliphatic carbocycles. The van der Waals surface area contributed by atoms with Crippen LogP contribution in [0.5, 0.6) is 0 Å². The highest BCUT2D eigenvalue weighted by Crippen LogP contribution is 2.34. The van der Waals surface area contributed by atoms with Crippen molar-refractivity contribution in [2.75, 3.05) is 6.54 Å². The minimum Gasteiger partial charge on any atom is -0.289 e. The summed E-state index contributed by atoms with van der Waals surface area (Å²) in [4.78, 5) is 12.4. The van der Waals surface area contributed by atoms with Crippen LogP contribution in [0.4, 0.5) is 0 Å². The van der Waals surface area contributed by atoms with Crippen molar-refractivity contribution in [3.63, 3.8) is 0 Å². The van der Waals surface area contributed by atoms with Crippen molar-refractivity contribution in [2.24, 2.45) is 0 Å². The molecule has 4 rings (SSSR count). The molecule has 144 valence electrons. The monoisotopic (exact) mass is 398 g/mol. The van der Waals surface area contributed by atoms with Gasteiger partial charge in [-0.1, -0.05) is 24.3 Å². The molecule has 0 radical (unpaired) electrons. The van der Waals surface area contributed by atoms with Gasteiger partial charge in [0.2, 0.25) is 10.0 Å². The second-order valence-electron chi connectivity index (χ2n) is 6.39. The molecule has 0 saturated carbocycles. The summed E-state index contributed by atoms with van der Waals surface area (Å²) in [6.07, 6.45) is 3.87. The lowest BCUT2D eigenvalue weighted by molar-refractivity contribution is -0.133. The smallest absolute Gasteiger partial charge is 0.266 e. The first kappa shape index (κ1) is 18.4. The van der Waals surface area contributed by atoms with Gasteiger partial charge in [-0.25, -0.2) is 18.6 Å². The van der Waals surface area contributed by atoms with Crippen molar-refractivity contribution >= 4 is 15.9 Å². The van der Waals surface area contributed by atoms with E-state index < -0.39 is 22.0 Å². The van der Waals surface area contributed by atoms with Gasteiger partial charge in [-0.15, -0.1) is 0 Å². The Morgan fingerprint density at radius 2 is 1.86 bits per heavy atom. The average molecular weight is 398 g/mol. The highest BCUT2D eigenvalue weighted by molar-refractivity contribution is 7.89. The number of aromatic nitrogens is 2. The number of amides is 1. The van der Waals surface area contributed by atoms with Crippen LogP contribution in [0.2, 0.25) is 0 Å². The lowest BCUT2D eigenvalue weighted by atomic mass is 9.94. The molecule has 8 nitrogen and oxygen atoms in total. The van der Waals surface area contributed by atoms with E-state index in [-0.39, 0.29) is 11.4 Å². The predicted molar refractivity (Wildman–Crippen MR) is 100 cm³/mol. The maximum absolute atomic E-state index is 13.3. The molecule has 1 atom stereocenters. The van der Waals surface area contributed by atoms with Crippen molar-refractivity contribution in [3.05, 3.63) is 78.1 Å². The van der Waals surface area contributed by atoms with Gasteiger partial charge in [0.1, 0.15) is 6.04 Å². The molecule has 0 bridgehead atoms. The Morgan fingerprint density at radius 3 is 2.54 bits per heavy atom. The van der Waals surface area contributed by atoms with Crippen LogP contribution in [0.3, 0.4) is 0 Å². The Hall–Kier alpha value is -3.01. The van der Waals surface area contributed by atoms with Gasteiger partial charge < -0.3 is 0 Å². The van der Waals surface area contributed by atoms with Crippen molar-refractivity contribution in [3.8, 4) is 5.69 Å². The third-order valence-corrected chi connectivity index (χ3v) is 6.69. The number of rotatable bonds is 4. The molecule has 1 amide bonds. The number of benzene rings is 2. The van der Waals surface area contributed by atoms with E-state index in [2.05, 4.69) is 5.10 Å². The zero-order chi connectivity index (χ0) is 19.7. The Balaban J connectivity index is 1.73. The van der Waals surface area contributed by atoms with Crippen LogP contribution in [0.25, 0.3) is 5.69 Å². The zero-order valence-corrected chi connectivity index (χ0v) is 15.6. The number of nitrogens with one attached hydrogen (secondary N) is 1. The molecule has 1 aliphatic rings. The van der Waals surface area contributed by atoms with E-state index in [0.717, 1.165) is 15.6 Å². The number of fused-ring (bicyclic) bond motifs is 1. The summed E-state index contributed by atoms with van der Waals surface area (Å²) in [6, 6.07) is 14.1. The standard InChI is InChI=1S/C19H18N4O4S/c24-19(21-25)18-17-5-2-1-4-14(17)10-13-23(18)28(26,27)16-8-6-15(7-9-16)22-12-3-11-20-22/h1-9,11-12,18,25H,10,13H2,(H,21,24)/t18-/m1/s1. The molecule has 0 fully saturated rings. The second-order valence-corrected chi connectivity index (χ2v) is 8.28. The van der Waals surface area contributed by atoms with Crippen LogP contribution < -0.4 is 5.48 Å². The van der Waals surface area contributed by atoms with E-state index in [4.69, 9.17) is 0 Å². The van der Waals surface area contributed by atoms with E-state index in [0.29, 0.717) is 12.0 Å². The minimum absolute atomic E-state index is 0.0681. The topological polar surface area (TPSA) is 105 Å². The third-order valence-electron chi connectivity index (χ3n) is 4.81. The summed E-state index contributed by atoms with van der Waals surface area (Å²) < 4.78 is 29.3. The molecule has 1 aliphatic heterocycles. The molecular formula is C19H18N4O4S. The maximum Gasteiger partial charge on any atom is 0.266 e. The van der Waals surface area contributed by atoms with E-state index >= 15 is 0 Å². The largest absolute Gasteiger partial charge is 0.289 e. The van der Waals surface area contributed by atoms with Crippen LogP contribution in [0, 0.1) is 0 Å². The van der Waals surface area contributed by atoms with Gasteiger partial charge in [0.25, 0.3) is 5.91 Å². The number of nitrogens with zero attached hydrogens (tertiary/aromatic N) is 3. The normalized spacial score (nSPS) is 17.1. The zero-order valence-electron chi connectivity index (χ0n) is 14.8. The Kier molecular flexibility index (Phi) is 4.71. The first-order valence-electron chi connectivity index (χ1n) is 8.66. The number of hydrogen-bond donors (Lipinski definition) is 2. The van der Waals surface area contributed by atoms with Crippen LogP contribution >= 0.6 is 0 Å². The first-order chi connectivity index (χ1) is 13.5. The molecule has 28 heavy (non-hydrogen) atoms. The Bertz CT molecular complexity index is 1100. The summed E-state index contributed by atoms with van der Waals surface area (Å²) >= 11 is 0. The fourth-order valence-electron chi connectivity index (χ4n) is 3.46. The number of hydrogen-bond acceptors (Lipinski definition) is 5. The second kappa shape index (κ2) is 7.19. The number of hydroxylamine groups is 1. The van der Waals surface area contributed by atoms with E-state index in [1.165, 1.54) is 12.1 Å². The Labute approximate surface area is 162 Å². The molecule has 2 heterocycles. The van der Waals surface area contributed by atoms with E-state index in [9.17, 15) is 18.4 Å². The lowest BCUT2D eigenvalue weighted by Crippen LogP contribution is -2.46. The van der Waals surface area contributed by atoms with Gasteiger partial charge in [-0.3, -0.25) is 10.0 Å². The molecule has 0 spiro atoms.